The number of ether oxygens (including phenoxy) is 1. The molecule has 0 aromatic heterocycles. The van der Waals surface area contributed by atoms with Crippen LogP contribution in [0.3, 0.4) is 0 Å². The van der Waals surface area contributed by atoms with Crippen LogP contribution in [0.5, 0.6) is 5.75 Å². The third kappa shape index (κ3) is 4.62. The van der Waals surface area contributed by atoms with Gasteiger partial charge in [-0.15, -0.1) is 12.4 Å². The standard InChI is InChI=1S/C15H23BrN2O.ClH/c1-11(17)12-5-7-18(8-6-12)10-13-9-14(16)3-4-15(13)19-2;/h3-4,9,11-12H,5-8,10,17H2,1-2H3;1H. The number of nitrogens with two attached hydrogens (primary N) is 1. The van der Waals surface area contributed by atoms with Gasteiger partial charge in [0.2, 0.25) is 0 Å². The summed E-state index contributed by atoms with van der Waals surface area (Å²) in [6.45, 7) is 5.33. The average molecular weight is 364 g/mol. The molecule has 20 heavy (non-hydrogen) atoms. The van der Waals surface area contributed by atoms with Gasteiger partial charge in [-0.2, -0.15) is 0 Å². The Hall–Kier alpha value is -0.290. The van der Waals surface area contributed by atoms with E-state index in [9.17, 15) is 0 Å². The fourth-order valence-corrected chi connectivity index (χ4v) is 3.16. The van der Waals surface area contributed by atoms with E-state index in [-0.39, 0.29) is 12.4 Å². The molecule has 3 nitrogen and oxygen atoms in total. The van der Waals surface area contributed by atoms with Gasteiger partial charge in [0.05, 0.1) is 7.11 Å². The van der Waals surface area contributed by atoms with E-state index < -0.39 is 0 Å². The molecule has 1 aliphatic heterocycles. The van der Waals surface area contributed by atoms with Crippen molar-refractivity contribution in [3.63, 3.8) is 0 Å². The molecule has 0 amide bonds. The van der Waals surface area contributed by atoms with Gasteiger partial charge in [0.25, 0.3) is 0 Å². The van der Waals surface area contributed by atoms with E-state index in [1.807, 2.05) is 12.1 Å². The van der Waals surface area contributed by atoms with Crippen LogP contribution in [0.25, 0.3) is 0 Å². The Morgan fingerprint density at radius 1 is 1.40 bits per heavy atom. The van der Waals surface area contributed by atoms with Gasteiger partial charge in [0.1, 0.15) is 5.75 Å². The van der Waals surface area contributed by atoms with Crippen molar-refractivity contribution in [1.82, 2.24) is 4.90 Å². The van der Waals surface area contributed by atoms with E-state index in [2.05, 4.69) is 33.8 Å². The second kappa shape index (κ2) is 8.23. The minimum atomic E-state index is 0. The van der Waals surface area contributed by atoms with E-state index in [1.165, 1.54) is 18.4 Å². The highest BCUT2D eigenvalue weighted by atomic mass is 79.9. The zero-order valence-electron chi connectivity index (χ0n) is 12.1. The zero-order valence-corrected chi connectivity index (χ0v) is 14.5. The molecule has 1 fully saturated rings. The van der Waals surface area contributed by atoms with E-state index in [4.69, 9.17) is 10.5 Å². The van der Waals surface area contributed by atoms with Crippen molar-refractivity contribution in [3.05, 3.63) is 28.2 Å². The highest BCUT2D eigenvalue weighted by Crippen LogP contribution is 2.27. The molecule has 1 aromatic carbocycles. The molecule has 2 rings (SSSR count). The lowest BCUT2D eigenvalue weighted by Gasteiger charge is -2.33. The third-order valence-electron chi connectivity index (χ3n) is 4.01. The maximum absolute atomic E-state index is 5.99. The summed E-state index contributed by atoms with van der Waals surface area (Å²) in [4.78, 5) is 2.49. The van der Waals surface area contributed by atoms with E-state index in [1.54, 1.807) is 7.11 Å². The van der Waals surface area contributed by atoms with Gasteiger partial charge in [-0.1, -0.05) is 15.9 Å². The first kappa shape index (κ1) is 17.8. The Balaban J connectivity index is 0.00000200. The maximum atomic E-state index is 5.99. The van der Waals surface area contributed by atoms with Crippen LogP contribution in [0.4, 0.5) is 0 Å². The first-order chi connectivity index (χ1) is 9.10. The molecule has 1 saturated heterocycles. The Morgan fingerprint density at radius 2 is 2.05 bits per heavy atom. The van der Waals surface area contributed by atoms with Gasteiger partial charge in [0.15, 0.2) is 0 Å². The molecule has 5 heteroatoms. The molecule has 1 unspecified atom stereocenters. The fraction of sp³-hybridized carbons (Fsp3) is 0.600. The molecular weight excluding hydrogens is 340 g/mol. The Bertz CT molecular complexity index is 420. The molecule has 114 valence electrons. The van der Waals surface area contributed by atoms with Crippen molar-refractivity contribution in [3.8, 4) is 5.75 Å². The molecule has 0 bridgehead atoms. The molecule has 0 radical (unpaired) electrons. The molecule has 1 atom stereocenters. The van der Waals surface area contributed by atoms with Crippen molar-refractivity contribution in [2.75, 3.05) is 20.2 Å². The number of nitrogens with zero attached hydrogens (tertiary/aromatic N) is 1. The maximum Gasteiger partial charge on any atom is 0.123 e. The van der Waals surface area contributed by atoms with Crippen molar-refractivity contribution < 1.29 is 4.74 Å². The van der Waals surface area contributed by atoms with E-state index in [0.29, 0.717) is 12.0 Å². The molecular formula is C15H24BrClN2O. The number of piperidine rings is 1. The monoisotopic (exact) mass is 362 g/mol. The van der Waals surface area contributed by atoms with E-state index >= 15 is 0 Å². The highest BCUT2D eigenvalue weighted by molar-refractivity contribution is 9.10. The second-order valence-electron chi connectivity index (χ2n) is 5.43. The molecule has 0 saturated carbocycles. The first-order valence-corrected chi connectivity index (χ1v) is 7.70. The lowest BCUT2D eigenvalue weighted by atomic mass is 9.91. The van der Waals surface area contributed by atoms with Gasteiger partial charge in [-0.3, -0.25) is 4.90 Å². The Labute approximate surface area is 136 Å². The highest BCUT2D eigenvalue weighted by Gasteiger charge is 2.22. The molecule has 2 N–H and O–H groups in total. The number of methoxy groups -OCH3 is 1. The molecule has 0 spiro atoms. The molecule has 1 aromatic rings. The average Bonchev–Trinajstić information content (AvgIpc) is 2.39. The minimum absolute atomic E-state index is 0. The summed E-state index contributed by atoms with van der Waals surface area (Å²) in [5.74, 6) is 1.65. The van der Waals surface area contributed by atoms with Gasteiger partial charge in [-0.05, 0) is 57.0 Å². The molecule has 0 aliphatic carbocycles. The van der Waals surface area contributed by atoms with Crippen molar-refractivity contribution in [1.29, 1.82) is 0 Å². The summed E-state index contributed by atoms with van der Waals surface area (Å²) in [7, 11) is 1.73. The Kier molecular flexibility index (Phi) is 7.30. The van der Waals surface area contributed by atoms with Crippen LogP contribution in [0, 0.1) is 5.92 Å². The summed E-state index contributed by atoms with van der Waals surface area (Å²) in [5, 5.41) is 0. The second-order valence-corrected chi connectivity index (χ2v) is 6.34. The summed E-state index contributed by atoms with van der Waals surface area (Å²) in [6, 6.07) is 6.51. The summed E-state index contributed by atoms with van der Waals surface area (Å²) in [6.07, 6.45) is 2.40. The fourth-order valence-electron chi connectivity index (χ4n) is 2.75. The number of benzene rings is 1. The van der Waals surface area contributed by atoms with E-state index in [0.717, 1.165) is 29.9 Å². The number of likely N-dealkylation sites (tertiary alicyclic amines) is 1. The topological polar surface area (TPSA) is 38.5 Å². The Morgan fingerprint density at radius 3 is 2.60 bits per heavy atom. The van der Waals surface area contributed by atoms with Gasteiger partial charge >= 0.3 is 0 Å². The van der Waals surface area contributed by atoms with Gasteiger partial charge in [-0.25, -0.2) is 0 Å². The predicted octanol–water partition coefficient (Wildman–Crippen LogP) is 3.44. The van der Waals surface area contributed by atoms with Crippen molar-refractivity contribution >= 4 is 28.3 Å². The normalized spacial score (nSPS) is 18.4. The van der Waals surface area contributed by atoms with Crippen LogP contribution in [0.1, 0.15) is 25.3 Å². The largest absolute Gasteiger partial charge is 0.496 e. The SMILES string of the molecule is COc1ccc(Br)cc1CN1CCC(C(C)N)CC1.Cl. The molecule has 1 aliphatic rings. The van der Waals surface area contributed by atoms with Gasteiger partial charge in [0, 0.05) is 22.6 Å². The summed E-state index contributed by atoms with van der Waals surface area (Å²) < 4.78 is 6.54. The minimum Gasteiger partial charge on any atom is -0.496 e. The van der Waals surface area contributed by atoms with Crippen LogP contribution in [-0.2, 0) is 6.54 Å². The van der Waals surface area contributed by atoms with Crippen LogP contribution in [-0.4, -0.2) is 31.1 Å². The number of hydrogen-bond acceptors (Lipinski definition) is 3. The summed E-state index contributed by atoms with van der Waals surface area (Å²) in [5.41, 5.74) is 7.23. The van der Waals surface area contributed by atoms with Crippen molar-refractivity contribution in [2.45, 2.75) is 32.4 Å². The zero-order chi connectivity index (χ0) is 13.8. The molecule has 1 heterocycles. The third-order valence-corrected chi connectivity index (χ3v) is 4.51. The number of rotatable bonds is 4. The quantitative estimate of drug-likeness (QED) is 0.890. The number of hydrogen-bond donors (Lipinski definition) is 1. The summed E-state index contributed by atoms with van der Waals surface area (Å²) >= 11 is 3.53. The van der Waals surface area contributed by atoms with Gasteiger partial charge < -0.3 is 10.5 Å². The van der Waals surface area contributed by atoms with Crippen LogP contribution in [0.2, 0.25) is 0 Å². The smallest absolute Gasteiger partial charge is 0.123 e. The lowest BCUT2D eigenvalue weighted by Crippen LogP contribution is -2.39. The predicted molar refractivity (Wildman–Crippen MR) is 89.6 cm³/mol. The van der Waals surface area contributed by atoms with Crippen molar-refractivity contribution in [2.24, 2.45) is 11.7 Å². The first-order valence-electron chi connectivity index (χ1n) is 6.90. The van der Waals surface area contributed by atoms with Crippen LogP contribution in [0.15, 0.2) is 22.7 Å². The van der Waals surface area contributed by atoms with Crippen LogP contribution >= 0.6 is 28.3 Å². The lowest BCUT2D eigenvalue weighted by molar-refractivity contribution is 0.164. The van der Waals surface area contributed by atoms with Crippen LogP contribution < -0.4 is 10.5 Å². The number of halogens is 2.